The second-order valence-electron chi connectivity index (χ2n) is 9.34. The van der Waals surface area contributed by atoms with Crippen LogP contribution < -0.4 is 10.2 Å². The van der Waals surface area contributed by atoms with E-state index in [2.05, 4.69) is 15.3 Å². The third kappa shape index (κ3) is 4.54. The summed E-state index contributed by atoms with van der Waals surface area (Å²) < 4.78 is 55.9. The van der Waals surface area contributed by atoms with E-state index in [1.54, 1.807) is 24.5 Å². The molecule has 2 aromatic rings. The number of halogens is 4. The van der Waals surface area contributed by atoms with Crippen molar-refractivity contribution in [3.05, 3.63) is 77.5 Å². The van der Waals surface area contributed by atoms with Gasteiger partial charge in [-0.05, 0) is 61.3 Å². The van der Waals surface area contributed by atoms with Gasteiger partial charge in [0, 0.05) is 24.6 Å². The van der Waals surface area contributed by atoms with Crippen LogP contribution in [0.15, 0.2) is 60.7 Å². The van der Waals surface area contributed by atoms with Crippen LogP contribution in [0.2, 0.25) is 0 Å². The Hall–Kier alpha value is -4.18. The van der Waals surface area contributed by atoms with Gasteiger partial charge < -0.3 is 10.2 Å². The molecule has 1 saturated carbocycles. The number of thiocarbonyl (C=S) groups is 1. The van der Waals surface area contributed by atoms with Crippen molar-refractivity contribution < 1.29 is 27.2 Å². The van der Waals surface area contributed by atoms with Crippen LogP contribution in [-0.2, 0) is 22.3 Å². The van der Waals surface area contributed by atoms with Crippen LogP contribution in [0.4, 0.5) is 23.2 Å². The topological polar surface area (TPSA) is 102 Å². The SMILES string of the molecule is N#Cc1ncc(N2C(=O)C3(CCC3)N(C3=CC(F)C(C(=O)NCc4cccnc4)C=C3)C2=S)cc1C(F)(F)F. The molecule has 39 heavy (non-hydrogen) atoms. The summed E-state index contributed by atoms with van der Waals surface area (Å²) in [4.78, 5) is 36.2. The Balaban J connectivity index is 1.40. The van der Waals surface area contributed by atoms with E-state index >= 15 is 4.39 Å². The number of nitriles is 1. The number of anilines is 1. The molecule has 2 atom stereocenters. The zero-order valence-corrected chi connectivity index (χ0v) is 21.0. The Labute approximate surface area is 225 Å². The monoisotopic (exact) mass is 556 g/mol. The Morgan fingerprint density at radius 2 is 2.08 bits per heavy atom. The third-order valence-corrected chi connectivity index (χ3v) is 7.40. The molecule has 5 rings (SSSR count). The number of pyridine rings is 2. The Morgan fingerprint density at radius 1 is 1.31 bits per heavy atom. The molecule has 13 heteroatoms. The average Bonchev–Trinajstić information content (AvgIpc) is 3.13. The lowest BCUT2D eigenvalue weighted by Gasteiger charge is -2.44. The molecular formula is C26H20F4N6O2S. The van der Waals surface area contributed by atoms with Crippen LogP contribution in [0.1, 0.15) is 36.1 Å². The quantitative estimate of drug-likeness (QED) is 0.440. The Bertz CT molecular complexity index is 1450. The maximum absolute atomic E-state index is 15.3. The maximum Gasteiger partial charge on any atom is 0.419 e. The fourth-order valence-corrected chi connectivity index (χ4v) is 5.38. The number of carbonyl (C=O) groups is 2. The van der Waals surface area contributed by atoms with Crippen molar-refractivity contribution in [2.45, 2.75) is 43.7 Å². The molecule has 1 aliphatic heterocycles. The van der Waals surface area contributed by atoms with Crippen molar-refractivity contribution in [2.24, 2.45) is 5.92 Å². The van der Waals surface area contributed by atoms with Crippen molar-refractivity contribution >= 4 is 34.8 Å². The van der Waals surface area contributed by atoms with Gasteiger partial charge in [-0.25, -0.2) is 9.37 Å². The molecule has 0 bridgehead atoms. The molecule has 1 spiro atoms. The second-order valence-corrected chi connectivity index (χ2v) is 9.71. The number of aromatic nitrogens is 2. The van der Waals surface area contributed by atoms with Crippen LogP contribution in [0.3, 0.4) is 0 Å². The van der Waals surface area contributed by atoms with Crippen molar-refractivity contribution in [1.82, 2.24) is 20.2 Å². The summed E-state index contributed by atoms with van der Waals surface area (Å²) >= 11 is 5.54. The number of amides is 2. The highest BCUT2D eigenvalue weighted by Crippen LogP contribution is 2.48. The number of alkyl halides is 4. The number of carbonyl (C=O) groups excluding carboxylic acids is 2. The van der Waals surface area contributed by atoms with Crippen molar-refractivity contribution in [1.29, 1.82) is 5.26 Å². The van der Waals surface area contributed by atoms with Crippen LogP contribution in [-0.4, -0.2) is 43.5 Å². The number of rotatable bonds is 5. The van der Waals surface area contributed by atoms with E-state index in [4.69, 9.17) is 17.5 Å². The van der Waals surface area contributed by atoms with Gasteiger partial charge in [0.2, 0.25) is 5.91 Å². The third-order valence-electron chi connectivity index (χ3n) is 7.03. The van der Waals surface area contributed by atoms with E-state index < -0.39 is 46.9 Å². The first-order chi connectivity index (χ1) is 18.6. The first-order valence-electron chi connectivity index (χ1n) is 11.9. The summed E-state index contributed by atoms with van der Waals surface area (Å²) in [5.41, 5.74) is -2.57. The van der Waals surface area contributed by atoms with Gasteiger partial charge in [0.25, 0.3) is 5.91 Å². The van der Waals surface area contributed by atoms with Gasteiger partial charge in [-0.15, -0.1) is 0 Å². The van der Waals surface area contributed by atoms with E-state index in [1.807, 2.05) is 0 Å². The van der Waals surface area contributed by atoms with Crippen molar-refractivity contribution in [3.63, 3.8) is 0 Å². The summed E-state index contributed by atoms with van der Waals surface area (Å²) in [5.74, 6) is -2.22. The predicted octanol–water partition coefficient (Wildman–Crippen LogP) is 3.95. The first kappa shape index (κ1) is 26.4. The zero-order chi connectivity index (χ0) is 27.9. The molecule has 2 fully saturated rings. The molecule has 0 radical (unpaired) electrons. The number of hydrogen-bond donors (Lipinski definition) is 1. The second kappa shape index (κ2) is 9.85. The summed E-state index contributed by atoms with van der Waals surface area (Å²) in [5, 5.41) is 11.6. The summed E-state index contributed by atoms with van der Waals surface area (Å²) in [7, 11) is 0. The maximum atomic E-state index is 15.3. The van der Waals surface area contributed by atoms with Gasteiger partial charge in [-0.2, -0.15) is 18.4 Å². The molecule has 3 aliphatic rings. The van der Waals surface area contributed by atoms with E-state index in [0.29, 0.717) is 25.3 Å². The van der Waals surface area contributed by atoms with E-state index in [-0.39, 0.29) is 23.0 Å². The van der Waals surface area contributed by atoms with Gasteiger partial charge in [0.15, 0.2) is 10.8 Å². The largest absolute Gasteiger partial charge is 0.419 e. The normalized spacial score (nSPS) is 22.0. The first-order valence-corrected chi connectivity index (χ1v) is 12.3. The highest BCUT2D eigenvalue weighted by molar-refractivity contribution is 7.80. The number of allylic oxidation sites excluding steroid dienone is 2. The molecule has 2 aliphatic carbocycles. The minimum absolute atomic E-state index is 0.137. The fraction of sp³-hybridized carbons (Fsp3) is 0.308. The molecule has 8 nitrogen and oxygen atoms in total. The van der Waals surface area contributed by atoms with Crippen molar-refractivity contribution in [2.75, 3.05) is 4.90 Å². The van der Waals surface area contributed by atoms with Crippen LogP contribution in [0.25, 0.3) is 0 Å². The molecular weight excluding hydrogens is 536 g/mol. The predicted molar refractivity (Wildman–Crippen MR) is 134 cm³/mol. The molecule has 3 heterocycles. The molecule has 2 unspecified atom stereocenters. The van der Waals surface area contributed by atoms with Gasteiger partial charge in [0.1, 0.15) is 17.8 Å². The molecule has 0 aromatic carbocycles. The van der Waals surface area contributed by atoms with Gasteiger partial charge in [0.05, 0.1) is 23.4 Å². The summed E-state index contributed by atoms with van der Waals surface area (Å²) in [6.45, 7) is 0.168. The Morgan fingerprint density at radius 3 is 2.67 bits per heavy atom. The molecule has 200 valence electrons. The highest BCUT2D eigenvalue weighted by atomic mass is 32.1. The van der Waals surface area contributed by atoms with Crippen LogP contribution >= 0.6 is 12.2 Å². The zero-order valence-electron chi connectivity index (χ0n) is 20.2. The number of nitrogens with one attached hydrogen (secondary N) is 1. The number of nitrogens with zero attached hydrogens (tertiary/aromatic N) is 5. The average molecular weight is 557 g/mol. The molecule has 1 N–H and O–H groups in total. The van der Waals surface area contributed by atoms with Crippen molar-refractivity contribution in [3.8, 4) is 6.07 Å². The summed E-state index contributed by atoms with van der Waals surface area (Å²) in [6, 6.07) is 5.55. The van der Waals surface area contributed by atoms with Gasteiger partial charge in [-0.3, -0.25) is 19.5 Å². The smallest absolute Gasteiger partial charge is 0.351 e. The van der Waals surface area contributed by atoms with E-state index in [0.717, 1.165) is 16.7 Å². The lowest BCUT2D eigenvalue weighted by Crippen LogP contribution is -2.54. The standard InChI is InChI=1S/C26H20F4N6O2S/c27-20-10-16(4-5-18(20)22(37)34-13-15-3-1-8-32-12-15)36-24(39)35(23(38)25(36)6-2-7-25)17-9-19(26(28,29)30)21(11-31)33-14-17/h1,3-5,8-10,12,14,18,20H,2,6-7,13H2,(H,34,37). The van der Waals surface area contributed by atoms with E-state index in [9.17, 15) is 22.8 Å². The highest BCUT2D eigenvalue weighted by Gasteiger charge is 2.60. The minimum atomic E-state index is -4.88. The van der Waals surface area contributed by atoms with Gasteiger partial charge in [-0.1, -0.05) is 12.1 Å². The summed E-state index contributed by atoms with van der Waals surface area (Å²) in [6.07, 6.45) is 2.98. The molecule has 2 aromatic heterocycles. The lowest BCUT2D eigenvalue weighted by atomic mass is 9.75. The fourth-order valence-electron chi connectivity index (χ4n) is 4.91. The van der Waals surface area contributed by atoms with Crippen LogP contribution in [0, 0.1) is 17.2 Å². The van der Waals surface area contributed by atoms with E-state index in [1.165, 1.54) is 29.2 Å². The molecule has 2 amide bonds. The number of hydrogen-bond acceptors (Lipinski definition) is 6. The minimum Gasteiger partial charge on any atom is -0.351 e. The van der Waals surface area contributed by atoms with Gasteiger partial charge >= 0.3 is 6.18 Å². The van der Waals surface area contributed by atoms with Crippen LogP contribution in [0.5, 0.6) is 0 Å². The molecule has 1 saturated heterocycles. The lowest BCUT2D eigenvalue weighted by molar-refractivity contribution is -0.138. The Kier molecular flexibility index (Phi) is 6.67.